The second-order valence-corrected chi connectivity index (χ2v) is 14.1. The largest absolute Gasteiger partial charge is 0.400 e. The number of fused-ring (bicyclic) bond motifs is 1. The lowest BCUT2D eigenvalue weighted by molar-refractivity contribution is -0.0359. The van der Waals surface area contributed by atoms with Crippen LogP contribution in [-0.4, -0.2) is 63.2 Å². The van der Waals surface area contributed by atoms with Crippen molar-refractivity contribution >= 4 is 19.9 Å². The Morgan fingerprint density at radius 1 is 0.980 bits per heavy atom. The van der Waals surface area contributed by atoms with Crippen molar-refractivity contribution in [1.29, 1.82) is 5.26 Å². The normalized spacial score (nSPS) is 18.2. The van der Waals surface area contributed by atoms with Gasteiger partial charge in [-0.1, -0.05) is 109 Å². The highest BCUT2D eigenvalue weighted by atomic mass is 31.2. The summed E-state index contributed by atoms with van der Waals surface area (Å²) in [5, 5.41) is 22.2. The zero-order chi connectivity index (χ0) is 36.3. The fourth-order valence-corrected chi connectivity index (χ4v) is 6.53. The molecule has 1 aliphatic heterocycles. The van der Waals surface area contributed by atoms with Crippen molar-refractivity contribution < 1.29 is 28.5 Å². The van der Waals surface area contributed by atoms with Crippen LogP contribution in [0.3, 0.4) is 0 Å². The second kappa shape index (κ2) is 27.3. The number of nitrogen functional groups attached to an aromatic ring is 1. The highest BCUT2D eigenvalue weighted by molar-refractivity contribution is 7.40. The van der Waals surface area contributed by atoms with Crippen LogP contribution in [0.5, 0.6) is 0 Å². The summed E-state index contributed by atoms with van der Waals surface area (Å²) in [6.45, 7) is 5.65. The van der Waals surface area contributed by atoms with Gasteiger partial charge >= 0.3 is 8.60 Å². The smallest absolute Gasteiger partial charge is 0.329 e. The number of nitrogens with two attached hydrogens (primary N) is 2. The number of rotatable bonds is 27. The Balaban J connectivity index is 0.00000132. The molecule has 0 bridgehead atoms. The van der Waals surface area contributed by atoms with Gasteiger partial charge in [-0.25, -0.2) is 9.50 Å². The van der Waals surface area contributed by atoms with Gasteiger partial charge in [0.1, 0.15) is 24.0 Å². The first kappa shape index (κ1) is 43.8. The van der Waals surface area contributed by atoms with Gasteiger partial charge in [0.25, 0.3) is 0 Å². The Hall–Kier alpha value is -2.36. The zero-order valence-electron chi connectivity index (χ0n) is 30.8. The van der Waals surface area contributed by atoms with Gasteiger partial charge in [0.2, 0.25) is 0 Å². The summed E-state index contributed by atoms with van der Waals surface area (Å²) in [7, 11) is -2.10. The van der Waals surface area contributed by atoms with E-state index in [0.717, 1.165) is 18.7 Å². The molecule has 1 fully saturated rings. The molecule has 3 rings (SSSR count). The molecule has 1 saturated heterocycles. The number of anilines is 1. The Morgan fingerprint density at radius 2 is 1.58 bits per heavy atom. The van der Waals surface area contributed by atoms with E-state index in [1.165, 1.54) is 103 Å². The number of nitrogens with zero attached hydrogens (tertiary/aromatic N) is 4. The topological polar surface area (TPSA) is 183 Å². The van der Waals surface area contributed by atoms with Crippen LogP contribution in [0.4, 0.5) is 5.82 Å². The third-order valence-corrected chi connectivity index (χ3v) is 9.71. The number of aliphatic hydroxyl groups is 1. The van der Waals surface area contributed by atoms with Crippen molar-refractivity contribution in [1.82, 2.24) is 14.6 Å². The van der Waals surface area contributed by atoms with Crippen molar-refractivity contribution in [3.05, 3.63) is 35.9 Å². The standard InChI is InChI=1S/C33H56N5O5P.C4H9NO/c1-2-3-4-5-6-7-8-9-10-11-12-13-14-15-16-17-23-40-24-18-25-41-44(39)42-27-33(26-34)22-21-31(43-33)29-19-20-30-32(35)36-28-37-38(29)30;1-2-4(5)3-6/h19-20,28,31,39H,2-18,21-25,27H2,1H3,(H2,35,36,37);2,6H,3,5H2,1H3/b;4-2-. The van der Waals surface area contributed by atoms with Gasteiger partial charge in [-0.2, -0.15) is 10.4 Å². The second-order valence-electron chi connectivity index (χ2n) is 13.1. The Bertz CT molecular complexity index is 1230. The van der Waals surface area contributed by atoms with Gasteiger partial charge in [-0.3, -0.25) is 0 Å². The predicted octanol–water partition coefficient (Wildman–Crippen LogP) is 8.19. The maximum absolute atomic E-state index is 10.2. The third-order valence-electron chi connectivity index (χ3n) is 8.96. The van der Waals surface area contributed by atoms with E-state index in [4.69, 9.17) is 35.1 Å². The molecule has 3 atom stereocenters. The number of unbranched alkanes of at least 4 members (excludes halogenated alkanes) is 15. The van der Waals surface area contributed by atoms with Gasteiger partial charge in [0.15, 0.2) is 11.4 Å². The van der Waals surface area contributed by atoms with Crippen LogP contribution in [0.25, 0.3) is 5.52 Å². The minimum absolute atomic E-state index is 0.0312. The lowest BCUT2D eigenvalue weighted by atomic mass is 10.0. The van der Waals surface area contributed by atoms with Gasteiger partial charge in [0.05, 0.1) is 25.5 Å². The maximum Gasteiger partial charge on any atom is 0.329 e. The highest BCUT2D eigenvalue weighted by Crippen LogP contribution is 2.43. The summed E-state index contributed by atoms with van der Waals surface area (Å²) in [4.78, 5) is 14.2. The number of nitriles is 1. The van der Waals surface area contributed by atoms with Crippen LogP contribution in [-0.2, 0) is 18.5 Å². The van der Waals surface area contributed by atoms with E-state index < -0.39 is 14.2 Å². The number of aromatic nitrogens is 3. The molecule has 0 spiro atoms. The SMILES string of the molecule is C/C=C(\N)CO.CCCCCCCCCCCCCCCCCCOCCCOP(O)OCC1(C#N)CCC(c2ccc3c(N)ncnn23)O1. The van der Waals surface area contributed by atoms with Crippen LogP contribution in [0.2, 0.25) is 0 Å². The molecule has 12 nitrogen and oxygen atoms in total. The summed E-state index contributed by atoms with van der Waals surface area (Å²) in [6.07, 6.45) is 26.3. The molecule has 2 aromatic heterocycles. The molecule has 13 heteroatoms. The first-order valence-electron chi connectivity index (χ1n) is 18.9. The van der Waals surface area contributed by atoms with E-state index in [0.29, 0.717) is 49.5 Å². The molecule has 1 aliphatic rings. The van der Waals surface area contributed by atoms with Gasteiger partial charge in [-0.15, -0.1) is 0 Å². The van der Waals surface area contributed by atoms with E-state index in [9.17, 15) is 10.2 Å². The molecule has 0 saturated carbocycles. The molecule has 3 heterocycles. The number of aliphatic hydroxyl groups excluding tert-OH is 1. The zero-order valence-corrected chi connectivity index (χ0v) is 31.7. The summed E-state index contributed by atoms with van der Waals surface area (Å²) in [5.41, 5.74) is 11.9. The van der Waals surface area contributed by atoms with Crippen LogP contribution in [0.1, 0.15) is 148 Å². The summed E-state index contributed by atoms with van der Waals surface area (Å²) >= 11 is 0. The molecule has 0 amide bonds. The lowest BCUT2D eigenvalue weighted by Gasteiger charge is -2.22. The predicted molar refractivity (Wildman–Crippen MR) is 200 cm³/mol. The summed E-state index contributed by atoms with van der Waals surface area (Å²) in [5.74, 6) is 0.382. The fraction of sp³-hybridized carbons (Fsp3) is 0.757. The molecule has 0 radical (unpaired) electrons. The summed E-state index contributed by atoms with van der Waals surface area (Å²) < 4.78 is 24.4. The Kier molecular flexibility index (Phi) is 23.9. The van der Waals surface area contributed by atoms with Crippen LogP contribution in [0.15, 0.2) is 30.2 Å². The molecule has 0 aliphatic carbocycles. The third kappa shape index (κ3) is 17.7. The van der Waals surface area contributed by atoms with Gasteiger partial charge < -0.3 is 40.0 Å². The monoisotopic (exact) mass is 720 g/mol. The Morgan fingerprint density at radius 3 is 2.14 bits per heavy atom. The van der Waals surface area contributed by atoms with Crippen LogP contribution < -0.4 is 11.5 Å². The number of ether oxygens (including phenoxy) is 2. The number of hydrogen-bond donors (Lipinski definition) is 4. The van der Waals surface area contributed by atoms with Gasteiger partial charge in [0, 0.05) is 18.9 Å². The maximum atomic E-state index is 10.2. The first-order chi connectivity index (χ1) is 24.4. The van der Waals surface area contributed by atoms with Crippen LogP contribution in [0, 0.1) is 11.3 Å². The van der Waals surface area contributed by atoms with Crippen molar-refractivity contribution in [2.45, 2.75) is 148 Å². The fourth-order valence-electron chi connectivity index (χ4n) is 5.85. The van der Waals surface area contributed by atoms with E-state index in [1.54, 1.807) is 17.5 Å². The van der Waals surface area contributed by atoms with E-state index >= 15 is 0 Å². The summed E-state index contributed by atoms with van der Waals surface area (Å²) in [6, 6.07) is 5.94. The average Bonchev–Trinajstić information content (AvgIpc) is 3.77. The van der Waals surface area contributed by atoms with E-state index in [2.05, 4.69) is 23.1 Å². The van der Waals surface area contributed by atoms with Gasteiger partial charge in [-0.05, 0) is 44.7 Å². The lowest BCUT2D eigenvalue weighted by Crippen LogP contribution is -2.31. The van der Waals surface area contributed by atoms with Crippen LogP contribution >= 0.6 is 8.60 Å². The highest BCUT2D eigenvalue weighted by Gasteiger charge is 2.43. The first-order valence-corrected chi connectivity index (χ1v) is 20.0. The average molecular weight is 721 g/mol. The van der Waals surface area contributed by atoms with E-state index in [-0.39, 0.29) is 19.3 Å². The Labute approximate surface area is 301 Å². The molecule has 2 aromatic rings. The molecule has 50 heavy (non-hydrogen) atoms. The number of allylic oxidation sites excluding steroid dienone is 1. The van der Waals surface area contributed by atoms with Crippen molar-refractivity contribution in [2.24, 2.45) is 5.73 Å². The van der Waals surface area contributed by atoms with Crippen molar-refractivity contribution in [3.63, 3.8) is 0 Å². The molecular formula is C37H65N6O6P. The minimum atomic E-state index is -2.10. The molecule has 6 N–H and O–H groups in total. The molecule has 284 valence electrons. The van der Waals surface area contributed by atoms with Crippen molar-refractivity contribution in [3.8, 4) is 6.07 Å². The van der Waals surface area contributed by atoms with Crippen molar-refractivity contribution in [2.75, 3.05) is 38.8 Å². The molecular weight excluding hydrogens is 655 g/mol. The number of hydrogen-bond acceptors (Lipinski definition) is 11. The minimum Gasteiger partial charge on any atom is -0.400 e. The quantitative estimate of drug-likeness (QED) is 0.0515. The molecule has 3 unspecified atom stereocenters. The molecule has 0 aromatic carbocycles. The van der Waals surface area contributed by atoms with E-state index in [1.807, 2.05) is 12.1 Å².